The van der Waals surface area contributed by atoms with E-state index in [9.17, 15) is 14.5 Å². The van der Waals surface area contributed by atoms with Crippen LogP contribution in [0, 0.1) is 10.1 Å². The lowest BCUT2D eigenvalue weighted by Crippen LogP contribution is -2.45. The fraction of sp³-hybridized carbons (Fsp3) is 0.368. The maximum atomic E-state index is 14.3. The molecule has 158 valence electrons. The van der Waals surface area contributed by atoms with E-state index >= 15 is 0 Å². The molecule has 9 nitrogen and oxygen atoms in total. The van der Waals surface area contributed by atoms with Crippen molar-refractivity contribution in [2.24, 2.45) is 0 Å². The van der Waals surface area contributed by atoms with Crippen LogP contribution in [0.2, 0.25) is 0 Å². The number of nitro groups is 1. The maximum absolute atomic E-state index is 14.3. The van der Waals surface area contributed by atoms with Crippen LogP contribution >= 0.6 is 12.2 Å². The lowest BCUT2D eigenvalue weighted by molar-refractivity contribution is -0.384. The summed E-state index contributed by atoms with van der Waals surface area (Å²) in [7, 11) is 0. The van der Waals surface area contributed by atoms with Crippen LogP contribution in [0.15, 0.2) is 36.4 Å². The molecule has 30 heavy (non-hydrogen) atoms. The van der Waals surface area contributed by atoms with E-state index in [1.54, 1.807) is 30.3 Å². The SMILES string of the molecule is O=[N+]([O-])c1ccc(N2CCNCC2)nc1Nc1ccc(N2CCOC(=S)C2F)cc1. The van der Waals surface area contributed by atoms with E-state index in [4.69, 9.17) is 17.0 Å². The molecule has 1 unspecified atom stereocenters. The van der Waals surface area contributed by atoms with Crippen LogP contribution in [0.4, 0.5) is 33.1 Å². The number of halogens is 1. The summed E-state index contributed by atoms with van der Waals surface area (Å²) in [4.78, 5) is 19.1. The Kier molecular flexibility index (Phi) is 5.91. The molecule has 1 atom stereocenters. The van der Waals surface area contributed by atoms with Crippen LogP contribution in [0.5, 0.6) is 0 Å². The fourth-order valence-corrected chi connectivity index (χ4v) is 3.65. The largest absolute Gasteiger partial charge is 0.481 e. The van der Waals surface area contributed by atoms with Gasteiger partial charge in [-0.25, -0.2) is 9.37 Å². The predicted octanol–water partition coefficient (Wildman–Crippen LogP) is 2.60. The molecule has 3 heterocycles. The number of morpholine rings is 1. The summed E-state index contributed by atoms with van der Waals surface area (Å²) in [6.45, 7) is 3.95. The highest BCUT2D eigenvalue weighted by molar-refractivity contribution is 7.80. The number of hydrogen-bond donors (Lipinski definition) is 2. The van der Waals surface area contributed by atoms with Crippen molar-refractivity contribution >= 4 is 46.0 Å². The molecule has 2 aromatic rings. The number of nitrogens with zero attached hydrogens (tertiary/aromatic N) is 4. The lowest BCUT2D eigenvalue weighted by atomic mass is 10.2. The van der Waals surface area contributed by atoms with Crippen molar-refractivity contribution < 1.29 is 14.1 Å². The lowest BCUT2D eigenvalue weighted by Gasteiger charge is -2.32. The topological polar surface area (TPSA) is 95.8 Å². The van der Waals surface area contributed by atoms with E-state index in [-0.39, 0.29) is 16.6 Å². The zero-order valence-electron chi connectivity index (χ0n) is 16.1. The molecule has 2 aliphatic heterocycles. The Hall–Kier alpha value is -3.05. The van der Waals surface area contributed by atoms with E-state index in [1.807, 2.05) is 0 Å². The summed E-state index contributed by atoms with van der Waals surface area (Å²) in [6, 6.07) is 10.0. The van der Waals surface area contributed by atoms with Crippen LogP contribution in [-0.2, 0) is 4.74 Å². The summed E-state index contributed by atoms with van der Waals surface area (Å²) in [5.41, 5.74) is 1.15. The molecule has 0 saturated carbocycles. The molecule has 0 bridgehead atoms. The number of piperazine rings is 1. The van der Waals surface area contributed by atoms with Crippen molar-refractivity contribution in [3.8, 4) is 0 Å². The molecule has 11 heteroatoms. The summed E-state index contributed by atoms with van der Waals surface area (Å²) >= 11 is 4.89. The molecule has 0 spiro atoms. The molecule has 0 radical (unpaired) electrons. The molecule has 4 rings (SSSR count). The number of hydrogen-bond acceptors (Lipinski definition) is 9. The number of pyridine rings is 1. The Labute approximate surface area is 178 Å². The third kappa shape index (κ3) is 4.26. The predicted molar refractivity (Wildman–Crippen MR) is 116 cm³/mol. The van der Waals surface area contributed by atoms with Crippen LogP contribution < -0.4 is 20.4 Å². The highest BCUT2D eigenvalue weighted by Gasteiger charge is 2.28. The zero-order valence-corrected chi connectivity index (χ0v) is 16.9. The van der Waals surface area contributed by atoms with Gasteiger partial charge < -0.3 is 25.2 Å². The number of benzene rings is 1. The minimum absolute atomic E-state index is 0.0759. The average Bonchev–Trinajstić information content (AvgIpc) is 2.77. The van der Waals surface area contributed by atoms with Gasteiger partial charge in [0, 0.05) is 43.6 Å². The second-order valence-corrected chi connectivity index (χ2v) is 7.30. The number of anilines is 4. The van der Waals surface area contributed by atoms with Gasteiger partial charge in [0.15, 0.2) is 0 Å². The number of aromatic nitrogens is 1. The monoisotopic (exact) mass is 432 g/mol. The molecular formula is C19H21FN6O3S. The third-order valence-electron chi connectivity index (χ3n) is 5.00. The zero-order chi connectivity index (χ0) is 21.1. The molecule has 0 amide bonds. The van der Waals surface area contributed by atoms with E-state index in [0.29, 0.717) is 30.3 Å². The molecule has 2 aliphatic rings. The van der Waals surface area contributed by atoms with Gasteiger partial charge in [-0.05, 0) is 42.5 Å². The Morgan fingerprint density at radius 1 is 1.20 bits per heavy atom. The smallest absolute Gasteiger partial charge is 0.311 e. The first-order chi connectivity index (χ1) is 14.5. The Morgan fingerprint density at radius 3 is 2.63 bits per heavy atom. The van der Waals surface area contributed by atoms with Gasteiger partial charge in [-0.3, -0.25) is 10.1 Å². The number of nitrogens with one attached hydrogen (secondary N) is 2. The molecule has 2 fully saturated rings. The van der Waals surface area contributed by atoms with Gasteiger partial charge in [0.05, 0.1) is 11.5 Å². The van der Waals surface area contributed by atoms with Crippen LogP contribution in [0.1, 0.15) is 0 Å². The summed E-state index contributed by atoms with van der Waals surface area (Å²) in [5, 5.41) is 17.7. The van der Waals surface area contributed by atoms with Gasteiger partial charge >= 0.3 is 5.69 Å². The van der Waals surface area contributed by atoms with Crippen molar-refractivity contribution in [1.29, 1.82) is 0 Å². The number of rotatable bonds is 5. The van der Waals surface area contributed by atoms with Gasteiger partial charge in [0.2, 0.25) is 17.2 Å². The quantitative estimate of drug-likeness (QED) is 0.320. The van der Waals surface area contributed by atoms with Gasteiger partial charge in [-0.1, -0.05) is 0 Å². The summed E-state index contributed by atoms with van der Waals surface area (Å²) < 4.78 is 19.4. The molecule has 2 saturated heterocycles. The summed E-state index contributed by atoms with van der Waals surface area (Å²) in [5.74, 6) is 0.850. The first kappa shape index (κ1) is 20.2. The second kappa shape index (κ2) is 8.76. The molecule has 2 N–H and O–H groups in total. The molecule has 0 aliphatic carbocycles. The van der Waals surface area contributed by atoms with Crippen molar-refractivity contribution in [1.82, 2.24) is 10.3 Å². The standard InChI is InChI=1S/C19H21FN6O3S/c20-17-19(30)29-12-11-25(17)14-3-1-13(2-4-14)22-18-15(26(27)28)5-6-16(23-18)24-9-7-21-8-10-24/h1-6,17,21H,7-12H2,(H,22,23). The Balaban J connectivity index is 1.55. The molecule has 1 aromatic heterocycles. The number of thiocarbonyl (C=S) groups is 1. The third-order valence-corrected chi connectivity index (χ3v) is 5.32. The minimum atomic E-state index is -1.48. The van der Waals surface area contributed by atoms with Gasteiger partial charge in [0.25, 0.3) is 0 Å². The average molecular weight is 432 g/mol. The highest BCUT2D eigenvalue weighted by Crippen LogP contribution is 2.30. The second-order valence-electron chi connectivity index (χ2n) is 6.90. The molecular weight excluding hydrogens is 411 g/mol. The van der Waals surface area contributed by atoms with Crippen LogP contribution in [-0.4, -0.2) is 60.6 Å². The Morgan fingerprint density at radius 2 is 1.93 bits per heavy atom. The van der Waals surface area contributed by atoms with Crippen molar-refractivity contribution in [3.63, 3.8) is 0 Å². The molecule has 1 aromatic carbocycles. The number of alkyl halides is 1. The van der Waals surface area contributed by atoms with Gasteiger partial charge in [0.1, 0.15) is 12.4 Å². The normalized spacial score (nSPS) is 19.4. The Bertz CT molecular complexity index is 938. The highest BCUT2D eigenvalue weighted by atomic mass is 32.1. The van der Waals surface area contributed by atoms with Gasteiger partial charge in [-0.2, -0.15) is 0 Å². The first-order valence-electron chi connectivity index (χ1n) is 9.58. The van der Waals surface area contributed by atoms with Gasteiger partial charge in [-0.15, -0.1) is 0 Å². The number of ether oxygens (including phenoxy) is 1. The van der Waals surface area contributed by atoms with E-state index in [1.165, 1.54) is 11.0 Å². The van der Waals surface area contributed by atoms with E-state index in [0.717, 1.165) is 26.2 Å². The minimum Gasteiger partial charge on any atom is -0.481 e. The van der Waals surface area contributed by atoms with Crippen molar-refractivity contribution in [3.05, 3.63) is 46.5 Å². The maximum Gasteiger partial charge on any atom is 0.311 e. The van der Waals surface area contributed by atoms with E-state index in [2.05, 4.69) is 20.5 Å². The van der Waals surface area contributed by atoms with Crippen LogP contribution in [0.3, 0.4) is 0 Å². The van der Waals surface area contributed by atoms with Crippen LogP contribution in [0.25, 0.3) is 0 Å². The van der Waals surface area contributed by atoms with Crippen molar-refractivity contribution in [2.45, 2.75) is 6.30 Å². The summed E-state index contributed by atoms with van der Waals surface area (Å²) in [6.07, 6.45) is -1.48. The first-order valence-corrected chi connectivity index (χ1v) is 9.99. The van der Waals surface area contributed by atoms with Crippen molar-refractivity contribution in [2.75, 3.05) is 54.4 Å². The van der Waals surface area contributed by atoms with E-state index < -0.39 is 11.2 Å². The fourth-order valence-electron chi connectivity index (χ4n) is 3.44.